The molecule has 2 nitrogen and oxygen atoms in total. The third-order valence-corrected chi connectivity index (χ3v) is 3.01. The molecule has 1 aromatic carbocycles. The third kappa shape index (κ3) is 2.50. The lowest BCUT2D eigenvalue weighted by Gasteiger charge is -2.27. The highest BCUT2D eigenvalue weighted by Crippen LogP contribution is 2.34. The number of nitrogens with two attached hydrogens (primary N) is 1. The van der Waals surface area contributed by atoms with E-state index in [1.807, 2.05) is 6.07 Å². The lowest BCUT2D eigenvalue weighted by molar-refractivity contribution is 0.326. The maximum absolute atomic E-state index is 6.23. The maximum Gasteiger partial charge on any atom is 0.122 e. The normalized spacial score (nSPS) is 16.0. The van der Waals surface area contributed by atoms with Gasteiger partial charge in [-0.1, -0.05) is 32.9 Å². The molecule has 3 heteroatoms. The average Bonchev–Trinajstić information content (AvgIpc) is 2.61. The number of hydrogen-bond acceptors (Lipinski definition) is 2. The van der Waals surface area contributed by atoms with Crippen LogP contribution in [0.4, 0.5) is 0 Å². The summed E-state index contributed by atoms with van der Waals surface area (Å²) >= 11 is 0. The predicted octanol–water partition coefficient (Wildman–Crippen LogP) is 3.09. The van der Waals surface area contributed by atoms with Gasteiger partial charge in [0.25, 0.3) is 0 Å². The lowest BCUT2D eigenvalue weighted by atomic mass is 9.82. The molecular formula is C13H20ClNO. The van der Waals surface area contributed by atoms with E-state index in [4.69, 9.17) is 10.5 Å². The number of benzene rings is 1. The molecule has 2 rings (SSSR count). The lowest BCUT2D eigenvalue weighted by Crippen LogP contribution is -2.26. The average molecular weight is 242 g/mol. The van der Waals surface area contributed by atoms with Gasteiger partial charge in [-0.05, 0) is 22.6 Å². The van der Waals surface area contributed by atoms with Crippen molar-refractivity contribution in [1.82, 2.24) is 0 Å². The summed E-state index contributed by atoms with van der Waals surface area (Å²) in [5.41, 5.74) is 8.84. The van der Waals surface area contributed by atoms with Crippen LogP contribution >= 0.6 is 12.4 Å². The second-order valence-corrected chi connectivity index (χ2v) is 5.31. The van der Waals surface area contributed by atoms with Gasteiger partial charge in [0.15, 0.2) is 0 Å². The molecule has 0 fully saturated rings. The number of hydrogen-bond donors (Lipinski definition) is 1. The molecule has 0 aliphatic carbocycles. The molecule has 0 radical (unpaired) electrons. The Balaban J connectivity index is 0.00000128. The van der Waals surface area contributed by atoms with Gasteiger partial charge in [-0.3, -0.25) is 0 Å². The first-order valence-electron chi connectivity index (χ1n) is 5.50. The molecule has 0 bridgehead atoms. The van der Waals surface area contributed by atoms with E-state index in [0.29, 0.717) is 0 Å². The van der Waals surface area contributed by atoms with Crippen LogP contribution < -0.4 is 10.5 Å². The smallest absolute Gasteiger partial charge is 0.122 e. The van der Waals surface area contributed by atoms with E-state index in [9.17, 15) is 0 Å². The van der Waals surface area contributed by atoms with E-state index >= 15 is 0 Å². The summed E-state index contributed by atoms with van der Waals surface area (Å²) < 4.78 is 5.48. The third-order valence-electron chi connectivity index (χ3n) is 3.01. The summed E-state index contributed by atoms with van der Waals surface area (Å²) in [6.45, 7) is 7.31. The van der Waals surface area contributed by atoms with E-state index in [-0.39, 0.29) is 23.9 Å². The Hall–Kier alpha value is -0.730. The molecule has 0 saturated carbocycles. The fraction of sp³-hybridized carbons (Fsp3) is 0.538. The Morgan fingerprint density at radius 3 is 2.62 bits per heavy atom. The van der Waals surface area contributed by atoms with Crippen LogP contribution in [-0.4, -0.2) is 6.61 Å². The van der Waals surface area contributed by atoms with Crippen molar-refractivity contribution in [1.29, 1.82) is 0 Å². The van der Waals surface area contributed by atoms with E-state index in [2.05, 4.69) is 32.9 Å². The van der Waals surface area contributed by atoms with Crippen molar-refractivity contribution < 1.29 is 4.74 Å². The van der Waals surface area contributed by atoms with Crippen LogP contribution in [0.2, 0.25) is 0 Å². The first-order valence-corrected chi connectivity index (χ1v) is 5.50. The fourth-order valence-electron chi connectivity index (χ4n) is 1.90. The summed E-state index contributed by atoms with van der Waals surface area (Å²) in [5.74, 6) is 1.03. The number of halogens is 1. The van der Waals surface area contributed by atoms with Crippen molar-refractivity contribution >= 4 is 12.4 Å². The van der Waals surface area contributed by atoms with Gasteiger partial charge in [-0.15, -0.1) is 12.4 Å². The molecule has 16 heavy (non-hydrogen) atoms. The van der Waals surface area contributed by atoms with E-state index < -0.39 is 0 Å². The van der Waals surface area contributed by atoms with Gasteiger partial charge in [0.2, 0.25) is 0 Å². The predicted molar refractivity (Wildman–Crippen MR) is 69.3 cm³/mol. The monoisotopic (exact) mass is 241 g/mol. The Bertz CT molecular complexity index is 371. The zero-order valence-corrected chi connectivity index (χ0v) is 10.9. The van der Waals surface area contributed by atoms with Crippen LogP contribution in [0.5, 0.6) is 5.75 Å². The molecule has 1 atom stereocenters. The van der Waals surface area contributed by atoms with Crippen molar-refractivity contribution in [3.05, 3.63) is 29.3 Å². The Kier molecular flexibility index (Phi) is 3.87. The first-order chi connectivity index (χ1) is 6.98. The van der Waals surface area contributed by atoms with Gasteiger partial charge in [0.1, 0.15) is 5.75 Å². The van der Waals surface area contributed by atoms with Gasteiger partial charge >= 0.3 is 0 Å². The zero-order chi connectivity index (χ0) is 11.1. The topological polar surface area (TPSA) is 35.2 Å². The second kappa shape index (κ2) is 4.64. The minimum Gasteiger partial charge on any atom is -0.493 e. The molecule has 0 saturated heterocycles. The van der Waals surface area contributed by atoms with Gasteiger partial charge in [0.05, 0.1) is 6.61 Å². The molecule has 90 valence electrons. The van der Waals surface area contributed by atoms with Crippen molar-refractivity contribution in [2.24, 2.45) is 11.1 Å². The largest absolute Gasteiger partial charge is 0.493 e. The zero-order valence-electron chi connectivity index (χ0n) is 10.1. The fourth-order valence-corrected chi connectivity index (χ4v) is 1.90. The molecule has 1 aliphatic rings. The minimum absolute atomic E-state index is 0. The minimum atomic E-state index is 0. The highest BCUT2D eigenvalue weighted by molar-refractivity contribution is 5.85. The van der Waals surface area contributed by atoms with E-state index in [1.165, 1.54) is 11.1 Å². The molecule has 1 aromatic rings. The Morgan fingerprint density at radius 1 is 1.31 bits per heavy atom. The molecule has 2 N–H and O–H groups in total. The standard InChI is InChI=1S/C13H19NO.ClH/c1-13(2,3)12(14)10-4-5-11-9(8-10)6-7-15-11;/h4-5,8,12H,6-7,14H2,1-3H3;1H/t12-;/m1./s1. The molecule has 0 unspecified atom stereocenters. The van der Waals surface area contributed by atoms with Gasteiger partial charge in [-0.25, -0.2) is 0 Å². The SMILES string of the molecule is CC(C)(C)[C@H](N)c1ccc2c(c1)CCO2.Cl. The molecular weight excluding hydrogens is 222 g/mol. The number of rotatable bonds is 1. The first kappa shape index (κ1) is 13.3. The maximum atomic E-state index is 6.23. The molecule has 1 aliphatic heterocycles. The Morgan fingerprint density at radius 2 is 2.00 bits per heavy atom. The van der Waals surface area contributed by atoms with Crippen molar-refractivity contribution in [2.75, 3.05) is 6.61 Å². The molecule has 0 amide bonds. The quantitative estimate of drug-likeness (QED) is 0.820. The number of fused-ring (bicyclic) bond motifs is 1. The summed E-state index contributed by atoms with van der Waals surface area (Å²) in [6.07, 6.45) is 1.01. The van der Waals surface area contributed by atoms with Gasteiger partial charge in [-0.2, -0.15) is 0 Å². The number of ether oxygens (including phenoxy) is 1. The molecule has 0 spiro atoms. The molecule has 1 heterocycles. The van der Waals surface area contributed by atoms with Crippen LogP contribution in [0.3, 0.4) is 0 Å². The van der Waals surface area contributed by atoms with Crippen LogP contribution in [-0.2, 0) is 6.42 Å². The van der Waals surface area contributed by atoms with Crippen molar-refractivity contribution in [3.8, 4) is 5.75 Å². The Labute approximate surface area is 104 Å². The van der Waals surface area contributed by atoms with Crippen molar-refractivity contribution in [3.63, 3.8) is 0 Å². The highest BCUT2D eigenvalue weighted by atomic mass is 35.5. The van der Waals surface area contributed by atoms with Gasteiger partial charge in [0, 0.05) is 12.5 Å². The second-order valence-electron chi connectivity index (χ2n) is 5.31. The van der Waals surface area contributed by atoms with Crippen LogP contribution in [0.15, 0.2) is 18.2 Å². The summed E-state index contributed by atoms with van der Waals surface area (Å²) in [6, 6.07) is 6.41. The summed E-state index contributed by atoms with van der Waals surface area (Å²) in [7, 11) is 0. The van der Waals surface area contributed by atoms with Crippen LogP contribution in [0.25, 0.3) is 0 Å². The van der Waals surface area contributed by atoms with Crippen LogP contribution in [0.1, 0.15) is 37.9 Å². The highest BCUT2D eigenvalue weighted by Gasteiger charge is 2.23. The van der Waals surface area contributed by atoms with E-state index in [0.717, 1.165) is 18.8 Å². The molecule has 0 aromatic heterocycles. The van der Waals surface area contributed by atoms with Crippen LogP contribution in [0, 0.1) is 5.41 Å². The van der Waals surface area contributed by atoms with Crippen molar-refractivity contribution in [2.45, 2.75) is 33.2 Å². The summed E-state index contributed by atoms with van der Waals surface area (Å²) in [5, 5.41) is 0. The van der Waals surface area contributed by atoms with Gasteiger partial charge < -0.3 is 10.5 Å². The van der Waals surface area contributed by atoms with E-state index in [1.54, 1.807) is 0 Å². The summed E-state index contributed by atoms with van der Waals surface area (Å²) in [4.78, 5) is 0.